The summed E-state index contributed by atoms with van der Waals surface area (Å²) < 4.78 is 10.5. The Morgan fingerprint density at radius 2 is 1.42 bits per heavy atom. The second kappa shape index (κ2) is 8.79. The first-order chi connectivity index (χ1) is 15.1. The molecule has 5 heteroatoms. The van der Waals surface area contributed by atoms with Gasteiger partial charge in [0.05, 0.1) is 20.3 Å². The number of phenolic OH excluding ortho intramolecular Hbond substituents is 1. The molecule has 5 nitrogen and oxygen atoms in total. The first kappa shape index (κ1) is 20.3. The van der Waals surface area contributed by atoms with Gasteiger partial charge in [0.2, 0.25) is 0 Å². The minimum absolute atomic E-state index is 0.120. The number of hydrogen-bond donors (Lipinski definition) is 2. The van der Waals surface area contributed by atoms with Crippen molar-refractivity contribution in [2.75, 3.05) is 14.2 Å². The van der Waals surface area contributed by atoms with Gasteiger partial charge in [-0.1, -0.05) is 42.5 Å². The Bertz CT molecular complexity index is 1200. The van der Waals surface area contributed by atoms with Crippen LogP contribution in [0, 0.1) is 0 Å². The molecule has 0 spiro atoms. The van der Waals surface area contributed by atoms with Crippen molar-refractivity contribution in [2.24, 2.45) is 0 Å². The van der Waals surface area contributed by atoms with Crippen molar-refractivity contribution in [2.45, 2.75) is 6.04 Å². The molecule has 2 N–H and O–H groups in total. The molecule has 0 unspecified atom stereocenters. The van der Waals surface area contributed by atoms with Crippen molar-refractivity contribution >= 4 is 16.7 Å². The summed E-state index contributed by atoms with van der Waals surface area (Å²) >= 11 is 0. The standard InChI is InChI=1S/C26H23NO4/c1-30-20-12-7-18(8-13-20)25(27-26(29)19-9-14-21(31-2)15-10-19)24-22-6-4-3-5-17(22)11-16-23(24)28/h3-16,25,28H,1-2H3,(H,27,29)/t25-/m0/s1. The number of amides is 1. The maximum atomic E-state index is 13.1. The van der Waals surface area contributed by atoms with Gasteiger partial charge in [0.25, 0.3) is 5.91 Å². The Hall–Kier alpha value is -3.99. The van der Waals surface area contributed by atoms with E-state index in [4.69, 9.17) is 9.47 Å². The molecule has 156 valence electrons. The van der Waals surface area contributed by atoms with Crippen LogP contribution in [0.3, 0.4) is 0 Å². The summed E-state index contributed by atoms with van der Waals surface area (Å²) in [7, 11) is 3.19. The lowest BCUT2D eigenvalue weighted by Gasteiger charge is -2.23. The smallest absolute Gasteiger partial charge is 0.252 e. The molecule has 0 aliphatic carbocycles. The Morgan fingerprint density at radius 1 is 0.806 bits per heavy atom. The van der Waals surface area contributed by atoms with Crippen LogP contribution in [-0.2, 0) is 0 Å². The number of aromatic hydroxyl groups is 1. The molecule has 1 atom stereocenters. The maximum absolute atomic E-state index is 13.1. The topological polar surface area (TPSA) is 67.8 Å². The minimum atomic E-state index is -0.563. The van der Waals surface area contributed by atoms with Gasteiger partial charge in [-0.25, -0.2) is 0 Å². The molecule has 0 fully saturated rings. The average Bonchev–Trinajstić information content (AvgIpc) is 2.83. The van der Waals surface area contributed by atoms with Gasteiger partial charge in [0.1, 0.15) is 17.2 Å². The first-order valence-electron chi connectivity index (χ1n) is 9.90. The van der Waals surface area contributed by atoms with Crippen molar-refractivity contribution in [1.82, 2.24) is 5.32 Å². The monoisotopic (exact) mass is 413 g/mol. The quantitative estimate of drug-likeness (QED) is 0.462. The van der Waals surface area contributed by atoms with Gasteiger partial charge in [-0.2, -0.15) is 0 Å². The SMILES string of the molecule is COc1ccc(C(=O)N[C@@H](c2ccc(OC)cc2)c2c(O)ccc3ccccc23)cc1. The van der Waals surface area contributed by atoms with Crippen molar-refractivity contribution in [3.05, 3.63) is 102 Å². The Balaban J connectivity index is 1.80. The number of nitrogens with one attached hydrogen (secondary N) is 1. The summed E-state index contributed by atoms with van der Waals surface area (Å²) in [4.78, 5) is 13.1. The van der Waals surface area contributed by atoms with Gasteiger partial charge in [-0.15, -0.1) is 0 Å². The molecule has 0 aliphatic heterocycles. The Morgan fingerprint density at radius 3 is 2.06 bits per heavy atom. The Kier molecular flexibility index (Phi) is 5.76. The van der Waals surface area contributed by atoms with Crippen molar-refractivity contribution in [3.63, 3.8) is 0 Å². The molecule has 31 heavy (non-hydrogen) atoms. The largest absolute Gasteiger partial charge is 0.508 e. The number of carbonyl (C=O) groups excluding carboxylic acids is 1. The molecule has 0 saturated heterocycles. The van der Waals surface area contributed by atoms with Gasteiger partial charge in [-0.3, -0.25) is 4.79 Å². The highest BCUT2D eigenvalue weighted by molar-refractivity contribution is 5.96. The number of rotatable bonds is 6. The fraction of sp³-hybridized carbons (Fsp3) is 0.115. The van der Waals surface area contributed by atoms with E-state index >= 15 is 0 Å². The molecule has 0 bridgehead atoms. The molecular weight excluding hydrogens is 390 g/mol. The normalized spacial score (nSPS) is 11.7. The summed E-state index contributed by atoms with van der Waals surface area (Å²) in [5, 5.41) is 15.7. The molecule has 0 heterocycles. The fourth-order valence-electron chi connectivity index (χ4n) is 3.66. The second-order valence-electron chi connectivity index (χ2n) is 7.13. The molecule has 0 saturated carbocycles. The van der Waals surface area contributed by atoms with E-state index in [1.807, 2.05) is 54.6 Å². The summed E-state index contributed by atoms with van der Waals surface area (Å²) in [6.07, 6.45) is 0. The van der Waals surface area contributed by atoms with Gasteiger partial charge in [-0.05, 0) is 58.8 Å². The molecule has 1 amide bonds. The van der Waals surface area contributed by atoms with E-state index < -0.39 is 6.04 Å². The third kappa shape index (κ3) is 4.16. The van der Waals surface area contributed by atoms with Crippen molar-refractivity contribution in [3.8, 4) is 17.2 Å². The van der Waals surface area contributed by atoms with Crippen LogP contribution in [0.2, 0.25) is 0 Å². The van der Waals surface area contributed by atoms with Gasteiger partial charge in [0.15, 0.2) is 0 Å². The van der Waals surface area contributed by atoms with Gasteiger partial charge in [0, 0.05) is 11.1 Å². The third-order valence-corrected chi connectivity index (χ3v) is 5.31. The number of hydrogen-bond acceptors (Lipinski definition) is 4. The maximum Gasteiger partial charge on any atom is 0.252 e. The highest BCUT2D eigenvalue weighted by Crippen LogP contribution is 2.36. The van der Waals surface area contributed by atoms with E-state index in [2.05, 4.69) is 5.32 Å². The fourth-order valence-corrected chi connectivity index (χ4v) is 3.66. The number of fused-ring (bicyclic) bond motifs is 1. The first-order valence-corrected chi connectivity index (χ1v) is 9.90. The number of phenols is 1. The van der Waals surface area contributed by atoms with Crippen LogP contribution in [0.1, 0.15) is 27.5 Å². The summed E-state index contributed by atoms with van der Waals surface area (Å²) in [5.41, 5.74) is 1.97. The predicted molar refractivity (Wildman–Crippen MR) is 121 cm³/mol. The molecular formula is C26H23NO4. The molecule has 4 rings (SSSR count). The van der Waals surface area contributed by atoms with Crippen molar-refractivity contribution in [1.29, 1.82) is 0 Å². The summed E-state index contributed by atoms with van der Waals surface area (Å²) in [6, 6.07) is 25.1. The number of methoxy groups -OCH3 is 2. The third-order valence-electron chi connectivity index (χ3n) is 5.31. The molecule has 4 aromatic rings. The van der Waals surface area contributed by atoms with Crippen LogP contribution < -0.4 is 14.8 Å². The van der Waals surface area contributed by atoms with Gasteiger partial charge >= 0.3 is 0 Å². The Labute approximate surface area is 180 Å². The lowest BCUT2D eigenvalue weighted by Crippen LogP contribution is -2.29. The van der Waals surface area contributed by atoms with E-state index in [0.29, 0.717) is 22.6 Å². The highest BCUT2D eigenvalue weighted by Gasteiger charge is 2.23. The molecule has 0 radical (unpaired) electrons. The van der Waals surface area contributed by atoms with Crippen LogP contribution in [0.5, 0.6) is 17.2 Å². The van der Waals surface area contributed by atoms with E-state index in [1.54, 1.807) is 44.6 Å². The number of ether oxygens (including phenoxy) is 2. The minimum Gasteiger partial charge on any atom is -0.508 e. The average molecular weight is 413 g/mol. The van der Waals surface area contributed by atoms with Crippen LogP contribution in [0.4, 0.5) is 0 Å². The zero-order valence-electron chi connectivity index (χ0n) is 17.3. The van der Waals surface area contributed by atoms with E-state index in [9.17, 15) is 9.90 Å². The van der Waals surface area contributed by atoms with Crippen LogP contribution >= 0.6 is 0 Å². The molecule has 0 aromatic heterocycles. The zero-order valence-corrected chi connectivity index (χ0v) is 17.3. The highest BCUT2D eigenvalue weighted by atomic mass is 16.5. The second-order valence-corrected chi connectivity index (χ2v) is 7.13. The van der Waals surface area contributed by atoms with E-state index in [0.717, 1.165) is 16.3 Å². The van der Waals surface area contributed by atoms with E-state index in [1.165, 1.54) is 0 Å². The lowest BCUT2D eigenvalue weighted by atomic mass is 9.92. The van der Waals surface area contributed by atoms with Crippen LogP contribution in [-0.4, -0.2) is 25.2 Å². The lowest BCUT2D eigenvalue weighted by molar-refractivity contribution is 0.0943. The van der Waals surface area contributed by atoms with Crippen LogP contribution in [0.25, 0.3) is 10.8 Å². The van der Waals surface area contributed by atoms with Gasteiger partial charge < -0.3 is 19.9 Å². The van der Waals surface area contributed by atoms with E-state index in [-0.39, 0.29) is 11.7 Å². The molecule has 4 aromatic carbocycles. The van der Waals surface area contributed by atoms with Crippen molar-refractivity contribution < 1.29 is 19.4 Å². The summed E-state index contributed by atoms with van der Waals surface area (Å²) in [5.74, 6) is 1.26. The predicted octanol–water partition coefficient (Wildman–Crippen LogP) is 5.08. The zero-order chi connectivity index (χ0) is 21.8. The van der Waals surface area contributed by atoms with Crippen LogP contribution in [0.15, 0.2) is 84.9 Å². The summed E-state index contributed by atoms with van der Waals surface area (Å²) in [6.45, 7) is 0. The number of benzene rings is 4. The molecule has 0 aliphatic rings. The number of carbonyl (C=O) groups is 1.